The number of rotatable bonds is 6. The molecule has 3 aromatic carbocycles. The van der Waals surface area contributed by atoms with Crippen molar-refractivity contribution in [2.45, 2.75) is 6.92 Å². The van der Waals surface area contributed by atoms with Crippen LogP contribution in [0.15, 0.2) is 58.1 Å². The van der Waals surface area contributed by atoms with E-state index in [1.807, 2.05) is 37.3 Å². The molecule has 0 unspecified atom stereocenters. The van der Waals surface area contributed by atoms with Crippen molar-refractivity contribution in [1.29, 1.82) is 0 Å². The molecule has 0 aliphatic heterocycles. The van der Waals surface area contributed by atoms with Gasteiger partial charge in [-0.25, -0.2) is 5.43 Å². The Kier molecular flexibility index (Phi) is 6.16. The van der Waals surface area contributed by atoms with Crippen LogP contribution in [0.3, 0.4) is 0 Å². The standard InChI is InChI=1S/C21H19BrN2O4/c1-3-28-19-11-16(22)8-15(20(19)25)12-23-24-21(26)17-9-13-6-4-5-7-14(13)10-18(17)27-2/h4-12,25H,3H2,1-2H3,(H,24,26). The normalized spacial score (nSPS) is 11.0. The van der Waals surface area contributed by atoms with E-state index in [1.165, 1.54) is 13.3 Å². The van der Waals surface area contributed by atoms with Gasteiger partial charge in [-0.15, -0.1) is 0 Å². The van der Waals surface area contributed by atoms with Crippen molar-refractivity contribution in [2.24, 2.45) is 5.10 Å². The fourth-order valence-corrected chi connectivity index (χ4v) is 3.20. The molecule has 0 heterocycles. The smallest absolute Gasteiger partial charge is 0.275 e. The molecule has 0 atom stereocenters. The highest BCUT2D eigenvalue weighted by Crippen LogP contribution is 2.33. The van der Waals surface area contributed by atoms with Gasteiger partial charge in [-0.3, -0.25) is 4.79 Å². The van der Waals surface area contributed by atoms with Crippen LogP contribution in [0.1, 0.15) is 22.8 Å². The summed E-state index contributed by atoms with van der Waals surface area (Å²) in [5.41, 5.74) is 3.24. The fourth-order valence-electron chi connectivity index (χ4n) is 2.74. The van der Waals surface area contributed by atoms with Crippen LogP contribution in [0.25, 0.3) is 10.8 Å². The first-order valence-electron chi connectivity index (χ1n) is 8.59. The number of methoxy groups -OCH3 is 1. The van der Waals surface area contributed by atoms with Gasteiger partial charge in [-0.2, -0.15) is 5.10 Å². The highest BCUT2D eigenvalue weighted by molar-refractivity contribution is 9.10. The van der Waals surface area contributed by atoms with E-state index in [2.05, 4.69) is 26.5 Å². The highest BCUT2D eigenvalue weighted by Gasteiger charge is 2.14. The molecule has 0 bridgehead atoms. The third kappa shape index (κ3) is 4.26. The van der Waals surface area contributed by atoms with Crippen LogP contribution in [-0.4, -0.2) is 30.9 Å². The number of halogens is 1. The Labute approximate surface area is 170 Å². The molecule has 0 saturated carbocycles. The summed E-state index contributed by atoms with van der Waals surface area (Å²) < 4.78 is 11.4. The number of phenols is 1. The van der Waals surface area contributed by atoms with E-state index in [0.29, 0.717) is 29.2 Å². The van der Waals surface area contributed by atoms with Crippen LogP contribution in [0.2, 0.25) is 0 Å². The molecular weight excluding hydrogens is 424 g/mol. The Hall–Kier alpha value is -3.06. The molecule has 0 aliphatic rings. The molecule has 28 heavy (non-hydrogen) atoms. The monoisotopic (exact) mass is 442 g/mol. The Morgan fingerprint density at radius 1 is 1.18 bits per heavy atom. The number of hydrogen-bond acceptors (Lipinski definition) is 5. The first-order valence-corrected chi connectivity index (χ1v) is 9.38. The van der Waals surface area contributed by atoms with Crippen molar-refractivity contribution in [3.63, 3.8) is 0 Å². The maximum atomic E-state index is 12.6. The zero-order valence-corrected chi connectivity index (χ0v) is 17.0. The summed E-state index contributed by atoms with van der Waals surface area (Å²) in [4.78, 5) is 12.6. The highest BCUT2D eigenvalue weighted by atomic mass is 79.9. The number of phenolic OH excluding ortho intramolecular Hbond substituents is 1. The zero-order chi connectivity index (χ0) is 20.1. The van der Waals surface area contributed by atoms with Gasteiger partial charge in [-0.05, 0) is 42.0 Å². The second-order valence-electron chi connectivity index (χ2n) is 5.87. The average Bonchev–Trinajstić information content (AvgIpc) is 2.70. The lowest BCUT2D eigenvalue weighted by molar-refractivity contribution is 0.0952. The zero-order valence-electron chi connectivity index (χ0n) is 15.4. The molecule has 7 heteroatoms. The molecule has 0 saturated heterocycles. The summed E-state index contributed by atoms with van der Waals surface area (Å²) in [6.45, 7) is 2.24. The molecule has 144 valence electrons. The number of hydrazone groups is 1. The van der Waals surface area contributed by atoms with E-state index in [1.54, 1.807) is 18.2 Å². The summed E-state index contributed by atoms with van der Waals surface area (Å²) in [5.74, 6) is 0.320. The first-order chi connectivity index (χ1) is 13.5. The number of hydrogen-bond donors (Lipinski definition) is 2. The minimum atomic E-state index is -0.418. The molecule has 0 spiro atoms. The number of carbonyl (C=O) groups is 1. The number of carbonyl (C=O) groups excluding carboxylic acids is 1. The van der Waals surface area contributed by atoms with Crippen molar-refractivity contribution in [3.05, 3.63) is 64.1 Å². The fraction of sp³-hybridized carbons (Fsp3) is 0.143. The van der Waals surface area contributed by atoms with Crippen molar-refractivity contribution in [3.8, 4) is 17.2 Å². The second-order valence-corrected chi connectivity index (χ2v) is 6.79. The predicted molar refractivity (Wildman–Crippen MR) is 113 cm³/mol. The van der Waals surface area contributed by atoms with E-state index in [0.717, 1.165) is 15.2 Å². The Morgan fingerprint density at radius 3 is 2.57 bits per heavy atom. The van der Waals surface area contributed by atoms with Gasteiger partial charge in [0.05, 0.1) is 25.5 Å². The molecule has 0 aliphatic carbocycles. The van der Waals surface area contributed by atoms with Gasteiger partial charge in [0.15, 0.2) is 11.5 Å². The van der Waals surface area contributed by atoms with E-state index >= 15 is 0 Å². The lowest BCUT2D eigenvalue weighted by atomic mass is 10.1. The molecule has 2 N–H and O–H groups in total. The molecule has 3 aromatic rings. The third-order valence-corrected chi connectivity index (χ3v) is 4.51. The molecule has 1 amide bonds. The maximum absolute atomic E-state index is 12.6. The molecule has 0 fully saturated rings. The Balaban J connectivity index is 1.84. The van der Waals surface area contributed by atoms with Crippen LogP contribution in [-0.2, 0) is 0 Å². The van der Waals surface area contributed by atoms with E-state index in [9.17, 15) is 9.90 Å². The van der Waals surface area contributed by atoms with E-state index in [4.69, 9.17) is 9.47 Å². The Bertz CT molecular complexity index is 1050. The minimum absolute atomic E-state index is 0.0497. The van der Waals surface area contributed by atoms with Crippen LogP contribution in [0, 0.1) is 0 Å². The van der Waals surface area contributed by atoms with Gasteiger partial charge in [-0.1, -0.05) is 40.2 Å². The van der Waals surface area contributed by atoms with Gasteiger partial charge in [0, 0.05) is 10.0 Å². The summed E-state index contributed by atoms with van der Waals surface area (Å²) in [6.07, 6.45) is 1.36. The molecule has 0 aromatic heterocycles. The Morgan fingerprint density at radius 2 is 1.89 bits per heavy atom. The molecular formula is C21H19BrN2O4. The molecule has 0 radical (unpaired) electrons. The topological polar surface area (TPSA) is 80.2 Å². The van der Waals surface area contributed by atoms with Crippen LogP contribution in [0.5, 0.6) is 17.2 Å². The molecule has 3 rings (SSSR count). The first kappa shape index (κ1) is 19.7. The van der Waals surface area contributed by atoms with Gasteiger partial charge < -0.3 is 14.6 Å². The van der Waals surface area contributed by atoms with Crippen molar-refractivity contribution in [2.75, 3.05) is 13.7 Å². The lowest BCUT2D eigenvalue weighted by Gasteiger charge is -2.10. The van der Waals surface area contributed by atoms with Crippen molar-refractivity contribution in [1.82, 2.24) is 5.43 Å². The van der Waals surface area contributed by atoms with E-state index < -0.39 is 5.91 Å². The summed E-state index contributed by atoms with van der Waals surface area (Å²) in [7, 11) is 1.51. The quantitative estimate of drug-likeness (QED) is 0.435. The predicted octanol–water partition coefficient (Wildman–Crippen LogP) is 4.48. The van der Waals surface area contributed by atoms with Gasteiger partial charge >= 0.3 is 0 Å². The summed E-state index contributed by atoms with van der Waals surface area (Å²) in [6, 6.07) is 14.6. The van der Waals surface area contributed by atoms with Gasteiger partial charge in [0.1, 0.15) is 5.75 Å². The maximum Gasteiger partial charge on any atom is 0.275 e. The molecule has 6 nitrogen and oxygen atoms in total. The number of ether oxygens (including phenoxy) is 2. The summed E-state index contributed by atoms with van der Waals surface area (Å²) in [5, 5.41) is 16.1. The summed E-state index contributed by atoms with van der Waals surface area (Å²) >= 11 is 3.36. The largest absolute Gasteiger partial charge is 0.504 e. The third-order valence-electron chi connectivity index (χ3n) is 4.05. The van der Waals surface area contributed by atoms with E-state index in [-0.39, 0.29) is 5.75 Å². The number of nitrogens with one attached hydrogen (secondary N) is 1. The van der Waals surface area contributed by atoms with Crippen LogP contribution < -0.4 is 14.9 Å². The van der Waals surface area contributed by atoms with Gasteiger partial charge in [0.2, 0.25) is 0 Å². The number of amides is 1. The lowest BCUT2D eigenvalue weighted by Crippen LogP contribution is -2.18. The van der Waals surface area contributed by atoms with Crippen LogP contribution >= 0.6 is 15.9 Å². The van der Waals surface area contributed by atoms with Crippen LogP contribution in [0.4, 0.5) is 0 Å². The van der Waals surface area contributed by atoms with Gasteiger partial charge in [0.25, 0.3) is 5.91 Å². The number of nitrogens with zero attached hydrogens (tertiary/aromatic N) is 1. The van der Waals surface area contributed by atoms with Crippen molar-refractivity contribution < 1.29 is 19.4 Å². The average molecular weight is 443 g/mol. The second kappa shape index (κ2) is 8.75. The SMILES string of the molecule is CCOc1cc(Br)cc(C=NNC(=O)c2cc3ccccc3cc2OC)c1O. The number of aromatic hydroxyl groups is 1. The number of fused-ring (bicyclic) bond motifs is 1. The minimum Gasteiger partial charge on any atom is -0.504 e. The number of benzene rings is 3. The van der Waals surface area contributed by atoms with Crippen molar-refractivity contribution >= 4 is 38.8 Å².